The van der Waals surface area contributed by atoms with Gasteiger partial charge in [0.1, 0.15) is 5.84 Å². The molecule has 5 nitrogen and oxygen atoms in total. The molecule has 0 aliphatic carbocycles. The molecule has 3 N–H and O–H groups in total. The summed E-state index contributed by atoms with van der Waals surface area (Å²) in [7, 11) is 4.12. The standard InChI is InChI=1S/C14H25N5/c1-11(2)10-19(8-7-18(3)4)13-9-17-6-5-12(13)14(15)16/h5-6,9,11H,7-8,10H2,1-4H3,(H3,15,16). The Morgan fingerprint density at radius 1 is 1.37 bits per heavy atom. The molecule has 0 radical (unpaired) electrons. The Bertz CT molecular complexity index is 414. The predicted molar refractivity (Wildman–Crippen MR) is 80.9 cm³/mol. The van der Waals surface area contributed by atoms with Crippen molar-refractivity contribution in [2.45, 2.75) is 13.8 Å². The third-order valence-electron chi connectivity index (χ3n) is 2.83. The summed E-state index contributed by atoms with van der Waals surface area (Å²) in [5.74, 6) is 0.637. The Morgan fingerprint density at radius 2 is 2.05 bits per heavy atom. The van der Waals surface area contributed by atoms with Crippen molar-refractivity contribution in [1.29, 1.82) is 5.41 Å². The third-order valence-corrected chi connectivity index (χ3v) is 2.83. The van der Waals surface area contributed by atoms with Crippen LogP contribution in [0, 0.1) is 11.3 Å². The Labute approximate surface area is 115 Å². The number of pyridine rings is 1. The Morgan fingerprint density at radius 3 is 2.58 bits per heavy atom. The fourth-order valence-corrected chi connectivity index (χ4v) is 1.94. The number of hydrogen-bond donors (Lipinski definition) is 2. The molecule has 5 heteroatoms. The predicted octanol–water partition coefficient (Wildman–Crippen LogP) is 1.39. The summed E-state index contributed by atoms with van der Waals surface area (Å²) < 4.78 is 0. The number of amidine groups is 1. The number of hydrogen-bond acceptors (Lipinski definition) is 4. The lowest BCUT2D eigenvalue weighted by atomic mass is 10.1. The first-order valence-electron chi connectivity index (χ1n) is 6.60. The highest BCUT2D eigenvalue weighted by molar-refractivity contribution is 6.00. The van der Waals surface area contributed by atoms with Crippen LogP contribution in [-0.2, 0) is 0 Å². The molecule has 1 rings (SSSR count). The number of aromatic nitrogens is 1. The van der Waals surface area contributed by atoms with E-state index in [1.54, 1.807) is 18.5 Å². The summed E-state index contributed by atoms with van der Waals surface area (Å²) in [4.78, 5) is 8.58. The van der Waals surface area contributed by atoms with Crippen molar-refractivity contribution in [2.24, 2.45) is 11.7 Å². The van der Waals surface area contributed by atoms with E-state index in [0.717, 1.165) is 30.9 Å². The Kier molecular flexibility index (Phi) is 5.76. The molecule has 0 unspecified atom stereocenters. The minimum Gasteiger partial charge on any atom is -0.384 e. The first-order valence-corrected chi connectivity index (χ1v) is 6.60. The van der Waals surface area contributed by atoms with Crippen LogP contribution in [0.1, 0.15) is 19.4 Å². The highest BCUT2D eigenvalue weighted by atomic mass is 15.2. The van der Waals surface area contributed by atoms with Gasteiger partial charge in [-0.15, -0.1) is 0 Å². The zero-order valence-corrected chi connectivity index (χ0v) is 12.3. The summed E-state index contributed by atoms with van der Waals surface area (Å²) in [5, 5.41) is 7.68. The molecule has 0 aliphatic rings. The summed E-state index contributed by atoms with van der Waals surface area (Å²) in [5.41, 5.74) is 7.37. The normalized spacial score (nSPS) is 11.1. The summed E-state index contributed by atoms with van der Waals surface area (Å²) in [6.07, 6.45) is 3.48. The number of nitrogen functional groups attached to an aromatic ring is 1. The van der Waals surface area contributed by atoms with Crippen LogP contribution in [0.4, 0.5) is 5.69 Å². The van der Waals surface area contributed by atoms with Crippen LogP contribution in [0.3, 0.4) is 0 Å². The first-order chi connectivity index (χ1) is 8.91. The molecule has 106 valence electrons. The van der Waals surface area contributed by atoms with Crippen molar-refractivity contribution in [1.82, 2.24) is 9.88 Å². The molecule has 0 bridgehead atoms. The Hall–Kier alpha value is -1.62. The minimum absolute atomic E-state index is 0.0935. The minimum atomic E-state index is 0.0935. The number of nitrogens with zero attached hydrogens (tertiary/aromatic N) is 3. The van der Waals surface area contributed by atoms with Crippen LogP contribution in [0.25, 0.3) is 0 Å². The molecule has 0 saturated heterocycles. The topological polar surface area (TPSA) is 69.2 Å². The average molecular weight is 263 g/mol. The van der Waals surface area contributed by atoms with Gasteiger partial charge < -0.3 is 15.5 Å². The maximum atomic E-state index is 7.68. The quantitative estimate of drug-likeness (QED) is 0.576. The second-order valence-electron chi connectivity index (χ2n) is 5.45. The van der Waals surface area contributed by atoms with Gasteiger partial charge >= 0.3 is 0 Å². The van der Waals surface area contributed by atoms with Crippen molar-refractivity contribution in [3.05, 3.63) is 24.0 Å². The van der Waals surface area contributed by atoms with Gasteiger partial charge in [-0.3, -0.25) is 10.4 Å². The summed E-state index contributed by atoms with van der Waals surface area (Å²) in [6, 6.07) is 1.81. The van der Waals surface area contributed by atoms with E-state index in [-0.39, 0.29) is 5.84 Å². The zero-order chi connectivity index (χ0) is 14.4. The van der Waals surface area contributed by atoms with Crippen molar-refractivity contribution < 1.29 is 0 Å². The van der Waals surface area contributed by atoms with E-state index in [4.69, 9.17) is 11.1 Å². The molecule has 1 aromatic rings. The molecule has 0 spiro atoms. The van der Waals surface area contributed by atoms with Crippen LogP contribution in [0.2, 0.25) is 0 Å². The van der Waals surface area contributed by atoms with E-state index >= 15 is 0 Å². The third kappa shape index (κ3) is 4.87. The van der Waals surface area contributed by atoms with Crippen molar-refractivity contribution >= 4 is 11.5 Å². The lowest BCUT2D eigenvalue weighted by Gasteiger charge is -2.29. The van der Waals surface area contributed by atoms with Gasteiger partial charge in [0.25, 0.3) is 0 Å². The smallest absolute Gasteiger partial charge is 0.125 e. The van der Waals surface area contributed by atoms with Crippen LogP contribution in [0.15, 0.2) is 18.5 Å². The highest BCUT2D eigenvalue weighted by Gasteiger charge is 2.14. The molecule has 0 fully saturated rings. The van der Waals surface area contributed by atoms with Gasteiger partial charge in [-0.05, 0) is 26.1 Å². The van der Waals surface area contributed by atoms with E-state index in [1.807, 2.05) is 0 Å². The Balaban J connectivity index is 2.99. The highest BCUT2D eigenvalue weighted by Crippen LogP contribution is 2.19. The molecule has 1 heterocycles. The molecular weight excluding hydrogens is 238 g/mol. The van der Waals surface area contributed by atoms with Gasteiger partial charge in [0.2, 0.25) is 0 Å². The molecule has 0 atom stereocenters. The van der Waals surface area contributed by atoms with Gasteiger partial charge in [-0.25, -0.2) is 0 Å². The zero-order valence-electron chi connectivity index (χ0n) is 12.3. The number of likely N-dealkylation sites (N-methyl/N-ethyl adjacent to an activating group) is 1. The second kappa shape index (κ2) is 7.09. The molecule has 0 amide bonds. The molecule has 19 heavy (non-hydrogen) atoms. The lowest BCUT2D eigenvalue weighted by Crippen LogP contribution is -2.35. The van der Waals surface area contributed by atoms with Crippen molar-refractivity contribution in [2.75, 3.05) is 38.6 Å². The van der Waals surface area contributed by atoms with Gasteiger partial charge in [-0.1, -0.05) is 13.8 Å². The average Bonchev–Trinajstić information content (AvgIpc) is 2.33. The van der Waals surface area contributed by atoms with E-state index < -0.39 is 0 Å². The lowest BCUT2D eigenvalue weighted by molar-refractivity contribution is 0.409. The van der Waals surface area contributed by atoms with Crippen LogP contribution in [-0.4, -0.2) is 49.4 Å². The fourth-order valence-electron chi connectivity index (χ4n) is 1.94. The SMILES string of the molecule is CC(C)CN(CCN(C)C)c1cnccc1C(=N)N. The van der Waals surface area contributed by atoms with Crippen LogP contribution < -0.4 is 10.6 Å². The molecular formula is C14H25N5. The van der Waals surface area contributed by atoms with E-state index in [1.165, 1.54) is 0 Å². The van der Waals surface area contributed by atoms with Crippen LogP contribution >= 0.6 is 0 Å². The maximum absolute atomic E-state index is 7.68. The number of nitrogens with two attached hydrogens (primary N) is 1. The van der Waals surface area contributed by atoms with Crippen molar-refractivity contribution in [3.8, 4) is 0 Å². The van der Waals surface area contributed by atoms with Gasteiger partial charge in [0, 0.05) is 31.4 Å². The number of nitrogens with one attached hydrogen (secondary N) is 1. The van der Waals surface area contributed by atoms with Gasteiger partial charge in [-0.2, -0.15) is 0 Å². The summed E-state index contributed by atoms with van der Waals surface area (Å²) >= 11 is 0. The van der Waals surface area contributed by atoms with Crippen LogP contribution in [0.5, 0.6) is 0 Å². The van der Waals surface area contributed by atoms with Crippen molar-refractivity contribution in [3.63, 3.8) is 0 Å². The monoisotopic (exact) mass is 263 g/mol. The molecule has 0 saturated carbocycles. The molecule has 0 aromatic carbocycles. The maximum Gasteiger partial charge on any atom is 0.125 e. The van der Waals surface area contributed by atoms with Gasteiger partial charge in [0.05, 0.1) is 11.9 Å². The second-order valence-corrected chi connectivity index (χ2v) is 5.45. The largest absolute Gasteiger partial charge is 0.384 e. The van der Waals surface area contributed by atoms with E-state index in [2.05, 4.69) is 42.7 Å². The molecule has 1 aromatic heterocycles. The van der Waals surface area contributed by atoms with E-state index in [0.29, 0.717) is 5.92 Å². The van der Waals surface area contributed by atoms with Gasteiger partial charge in [0.15, 0.2) is 0 Å². The molecule has 0 aliphatic heterocycles. The fraction of sp³-hybridized carbons (Fsp3) is 0.571. The number of rotatable bonds is 7. The first kappa shape index (κ1) is 15.4. The number of anilines is 1. The summed E-state index contributed by atoms with van der Waals surface area (Å²) in [6.45, 7) is 7.16. The van der Waals surface area contributed by atoms with E-state index in [9.17, 15) is 0 Å².